The van der Waals surface area contributed by atoms with E-state index in [0.717, 1.165) is 16.6 Å². The standard InChI is InChI=1S/C21H18BrNO2/c22-18-9-11-19(12-10-18)23-21(24)17-7-4-8-20(15-17)25-14-13-16-5-2-1-3-6-16/h1-12,15H,13-14H2,(H,23,24). The third-order valence-corrected chi connectivity index (χ3v) is 4.23. The van der Waals surface area contributed by atoms with E-state index in [0.29, 0.717) is 17.9 Å². The highest BCUT2D eigenvalue weighted by Crippen LogP contribution is 2.17. The van der Waals surface area contributed by atoms with Gasteiger partial charge in [-0.1, -0.05) is 52.3 Å². The summed E-state index contributed by atoms with van der Waals surface area (Å²) >= 11 is 3.38. The van der Waals surface area contributed by atoms with Gasteiger partial charge in [0, 0.05) is 22.1 Å². The van der Waals surface area contributed by atoms with Crippen molar-refractivity contribution in [2.75, 3.05) is 11.9 Å². The molecule has 3 aromatic rings. The summed E-state index contributed by atoms with van der Waals surface area (Å²) in [5.41, 5.74) is 2.55. The molecule has 0 heterocycles. The summed E-state index contributed by atoms with van der Waals surface area (Å²) in [6.45, 7) is 0.571. The van der Waals surface area contributed by atoms with Crippen LogP contribution in [-0.2, 0) is 6.42 Å². The number of ether oxygens (including phenoxy) is 1. The molecule has 3 rings (SSSR count). The van der Waals surface area contributed by atoms with E-state index in [-0.39, 0.29) is 5.91 Å². The van der Waals surface area contributed by atoms with Gasteiger partial charge in [0.2, 0.25) is 0 Å². The Labute approximate surface area is 155 Å². The Morgan fingerprint density at radius 1 is 0.920 bits per heavy atom. The number of carbonyl (C=O) groups is 1. The molecule has 1 amide bonds. The summed E-state index contributed by atoms with van der Waals surface area (Å²) in [6, 6.07) is 24.9. The molecule has 0 saturated carbocycles. The maximum Gasteiger partial charge on any atom is 0.255 e. The van der Waals surface area contributed by atoms with E-state index in [4.69, 9.17) is 4.74 Å². The van der Waals surface area contributed by atoms with E-state index in [1.165, 1.54) is 5.56 Å². The summed E-state index contributed by atoms with van der Waals surface area (Å²) in [6.07, 6.45) is 0.830. The average Bonchev–Trinajstić information content (AvgIpc) is 2.65. The van der Waals surface area contributed by atoms with Crippen LogP contribution in [0.25, 0.3) is 0 Å². The number of amides is 1. The van der Waals surface area contributed by atoms with Gasteiger partial charge in [-0.15, -0.1) is 0 Å². The molecule has 1 N–H and O–H groups in total. The number of anilines is 1. The SMILES string of the molecule is O=C(Nc1ccc(Br)cc1)c1cccc(OCCc2ccccc2)c1. The zero-order valence-corrected chi connectivity index (χ0v) is 15.2. The molecule has 25 heavy (non-hydrogen) atoms. The van der Waals surface area contributed by atoms with E-state index < -0.39 is 0 Å². The molecule has 0 aromatic heterocycles. The Morgan fingerprint density at radius 2 is 1.68 bits per heavy atom. The number of hydrogen-bond donors (Lipinski definition) is 1. The molecule has 0 aliphatic carbocycles. The van der Waals surface area contributed by atoms with Crippen molar-refractivity contribution < 1.29 is 9.53 Å². The largest absolute Gasteiger partial charge is 0.493 e. The molecule has 0 radical (unpaired) electrons. The number of carbonyl (C=O) groups excluding carboxylic acids is 1. The van der Waals surface area contributed by atoms with Crippen molar-refractivity contribution in [2.24, 2.45) is 0 Å². The fourth-order valence-corrected chi connectivity index (χ4v) is 2.66. The van der Waals surface area contributed by atoms with Gasteiger partial charge in [-0.25, -0.2) is 0 Å². The topological polar surface area (TPSA) is 38.3 Å². The monoisotopic (exact) mass is 395 g/mol. The second kappa shape index (κ2) is 8.49. The molecule has 0 aliphatic heterocycles. The van der Waals surface area contributed by atoms with Gasteiger partial charge in [0.25, 0.3) is 5.91 Å². The van der Waals surface area contributed by atoms with Crippen molar-refractivity contribution in [1.82, 2.24) is 0 Å². The molecule has 0 fully saturated rings. The highest BCUT2D eigenvalue weighted by Gasteiger charge is 2.07. The fraction of sp³-hybridized carbons (Fsp3) is 0.0952. The Bertz CT molecular complexity index is 832. The quantitative estimate of drug-likeness (QED) is 0.612. The first-order chi connectivity index (χ1) is 12.2. The van der Waals surface area contributed by atoms with Crippen LogP contribution in [0.3, 0.4) is 0 Å². The molecule has 0 atom stereocenters. The lowest BCUT2D eigenvalue weighted by atomic mass is 10.1. The first-order valence-electron chi connectivity index (χ1n) is 8.04. The fourth-order valence-electron chi connectivity index (χ4n) is 2.40. The van der Waals surface area contributed by atoms with E-state index in [1.807, 2.05) is 54.6 Å². The van der Waals surface area contributed by atoms with Crippen LogP contribution in [0.2, 0.25) is 0 Å². The van der Waals surface area contributed by atoms with Crippen molar-refractivity contribution in [1.29, 1.82) is 0 Å². The number of halogens is 1. The van der Waals surface area contributed by atoms with E-state index in [2.05, 4.69) is 33.4 Å². The Hall–Kier alpha value is -2.59. The van der Waals surface area contributed by atoms with Gasteiger partial charge in [0.05, 0.1) is 6.61 Å². The average molecular weight is 396 g/mol. The van der Waals surface area contributed by atoms with Gasteiger partial charge < -0.3 is 10.1 Å². The number of hydrogen-bond acceptors (Lipinski definition) is 2. The molecule has 4 heteroatoms. The van der Waals surface area contributed by atoms with Gasteiger partial charge in [-0.3, -0.25) is 4.79 Å². The molecule has 0 bridgehead atoms. The minimum absolute atomic E-state index is 0.157. The van der Waals surface area contributed by atoms with Crippen LogP contribution in [0.1, 0.15) is 15.9 Å². The molecule has 0 spiro atoms. The lowest BCUT2D eigenvalue weighted by Crippen LogP contribution is -2.12. The number of nitrogens with one attached hydrogen (secondary N) is 1. The van der Waals surface area contributed by atoms with E-state index in [9.17, 15) is 4.79 Å². The van der Waals surface area contributed by atoms with Crippen molar-refractivity contribution in [3.8, 4) is 5.75 Å². The summed E-state index contributed by atoms with van der Waals surface area (Å²) in [5, 5.41) is 2.88. The van der Waals surface area contributed by atoms with Crippen LogP contribution in [0.5, 0.6) is 5.75 Å². The van der Waals surface area contributed by atoms with Crippen LogP contribution in [-0.4, -0.2) is 12.5 Å². The van der Waals surface area contributed by atoms with Gasteiger partial charge in [-0.05, 0) is 48.0 Å². The van der Waals surface area contributed by atoms with Crippen molar-refractivity contribution in [2.45, 2.75) is 6.42 Å². The molecule has 126 valence electrons. The summed E-state index contributed by atoms with van der Waals surface area (Å²) in [7, 11) is 0. The second-order valence-electron chi connectivity index (χ2n) is 5.57. The van der Waals surface area contributed by atoms with Crippen LogP contribution in [0, 0.1) is 0 Å². The molecule has 0 unspecified atom stereocenters. The normalized spacial score (nSPS) is 10.3. The van der Waals surface area contributed by atoms with Gasteiger partial charge in [0.1, 0.15) is 5.75 Å². The van der Waals surface area contributed by atoms with Gasteiger partial charge in [-0.2, -0.15) is 0 Å². The zero-order chi connectivity index (χ0) is 17.5. The van der Waals surface area contributed by atoms with Crippen LogP contribution < -0.4 is 10.1 Å². The van der Waals surface area contributed by atoms with E-state index >= 15 is 0 Å². The third kappa shape index (κ3) is 5.19. The zero-order valence-electron chi connectivity index (χ0n) is 13.6. The Kier molecular flexibility index (Phi) is 5.86. The summed E-state index contributed by atoms with van der Waals surface area (Å²) in [4.78, 5) is 12.4. The number of benzene rings is 3. The van der Waals surface area contributed by atoms with Crippen molar-refractivity contribution in [3.63, 3.8) is 0 Å². The lowest BCUT2D eigenvalue weighted by molar-refractivity contribution is 0.102. The predicted molar refractivity (Wildman–Crippen MR) is 104 cm³/mol. The first kappa shape index (κ1) is 17.2. The Balaban J connectivity index is 1.58. The molecular weight excluding hydrogens is 378 g/mol. The molecule has 0 aliphatic rings. The maximum atomic E-state index is 12.4. The summed E-state index contributed by atoms with van der Waals surface area (Å²) < 4.78 is 6.75. The van der Waals surface area contributed by atoms with Crippen LogP contribution in [0.4, 0.5) is 5.69 Å². The second-order valence-corrected chi connectivity index (χ2v) is 6.49. The van der Waals surface area contributed by atoms with Crippen molar-refractivity contribution in [3.05, 3.63) is 94.5 Å². The van der Waals surface area contributed by atoms with Crippen LogP contribution in [0.15, 0.2) is 83.3 Å². The van der Waals surface area contributed by atoms with Crippen molar-refractivity contribution >= 4 is 27.5 Å². The van der Waals surface area contributed by atoms with Gasteiger partial charge >= 0.3 is 0 Å². The van der Waals surface area contributed by atoms with Crippen LogP contribution >= 0.6 is 15.9 Å². The summed E-state index contributed by atoms with van der Waals surface area (Å²) in [5.74, 6) is 0.537. The molecule has 3 nitrogen and oxygen atoms in total. The van der Waals surface area contributed by atoms with Gasteiger partial charge in [0.15, 0.2) is 0 Å². The Morgan fingerprint density at radius 3 is 2.44 bits per heavy atom. The number of rotatable bonds is 6. The van der Waals surface area contributed by atoms with E-state index in [1.54, 1.807) is 12.1 Å². The highest BCUT2D eigenvalue weighted by molar-refractivity contribution is 9.10. The third-order valence-electron chi connectivity index (χ3n) is 3.70. The minimum Gasteiger partial charge on any atom is -0.493 e. The maximum absolute atomic E-state index is 12.4. The molecular formula is C21H18BrNO2. The smallest absolute Gasteiger partial charge is 0.255 e. The molecule has 3 aromatic carbocycles. The highest BCUT2D eigenvalue weighted by atomic mass is 79.9. The minimum atomic E-state index is -0.157. The lowest BCUT2D eigenvalue weighted by Gasteiger charge is -2.09. The first-order valence-corrected chi connectivity index (χ1v) is 8.84. The predicted octanol–water partition coefficient (Wildman–Crippen LogP) is 5.32. The molecule has 0 saturated heterocycles.